The molecule has 0 atom stereocenters. The normalized spacial score (nSPS) is 11.0. The molecule has 1 heterocycles. The number of unbranched alkanes of at least 4 members (excludes halogenated alkanes) is 15. The summed E-state index contributed by atoms with van der Waals surface area (Å²) < 4.78 is 6.27. The number of ether oxygens (including phenoxy) is 1. The molecule has 1 N–H and O–H groups in total. The highest BCUT2D eigenvalue weighted by Gasteiger charge is 2.20. The van der Waals surface area contributed by atoms with E-state index in [1.807, 2.05) is 0 Å². The highest BCUT2D eigenvalue weighted by molar-refractivity contribution is 5.75. The van der Waals surface area contributed by atoms with Crippen LogP contribution in [0.15, 0.2) is 6.20 Å². The molecule has 1 amide bonds. The highest BCUT2D eigenvalue weighted by Crippen LogP contribution is 2.23. The molecule has 1 aromatic rings. The summed E-state index contributed by atoms with van der Waals surface area (Å²) in [6.45, 7) is 3.24. The van der Waals surface area contributed by atoms with Gasteiger partial charge in [-0.05, 0) is 6.42 Å². The predicted molar refractivity (Wildman–Crippen MR) is 133 cm³/mol. The molecule has 33 heavy (non-hydrogen) atoms. The molecule has 8 heteroatoms. The summed E-state index contributed by atoms with van der Waals surface area (Å²) in [7, 11) is 1.34. The van der Waals surface area contributed by atoms with Crippen LogP contribution in [-0.2, 0) is 11.3 Å². The quantitative estimate of drug-likeness (QED) is 0.118. The highest BCUT2D eigenvalue weighted by atomic mass is 16.6. The van der Waals surface area contributed by atoms with Gasteiger partial charge in [0.15, 0.2) is 0 Å². The number of nitrogens with zero attached hydrogens (tertiary/aromatic N) is 3. The number of carbonyl (C=O) groups is 1. The minimum atomic E-state index is -0.542. The van der Waals surface area contributed by atoms with Crippen molar-refractivity contribution in [2.45, 2.75) is 123 Å². The maximum atomic E-state index is 12.0. The number of hydrogen-bond acceptors (Lipinski definition) is 5. The minimum absolute atomic E-state index is 0.0337. The Kier molecular flexibility index (Phi) is 17.0. The molecule has 0 aliphatic heterocycles. The minimum Gasteiger partial charge on any atom is -0.475 e. The third-order valence-corrected chi connectivity index (χ3v) is 6.02. The number of aryl methyl sites for hydroxylation is 1. The van der Waals surface area contributed by atoms with Gasteiger partial charge in [-0.1, -0.05) is 103 Å². The summed E-state index contributed by atoms with van der Waals surface area (Å²) in [5, 5.41) is 17.8. The van der Waals surface area contributed by atoms with Crippen LogP contribution in [0.1, 0.15) is 116 Å². The second-order valence-electron chi connectivity index (χ2n) is 8.95. The predicted octanol–water partition coefficient (Wildman–Crippen LogP) is 6.57. The first-order valence-corrected chi connectivity index (χ1v) is 13.1. The van der Waals surface area contributed by atoms with Crippen molar-refractivity contribution in [2.75, 3.05) is 13.7 Å². The van der Waals surface area contributed by atoms with Gasteiger partial charge in [0, 0.05) is 13.0 Å². The fourth-order valence-electron chi connectivity index (χ4n) is 3.98. The summed E-state index contributed by atoms with van der Waals surface area (Å²) in [6.07, 6.45) is 22.8. The van der Waals surface area contributed by atoms with Gasteiger partial charge in [0.05, 0.1) is 18.6 Å². The molecule has 0 saturated heterocycles. The third kappa shape index (κ3) is 14.6. The number of aromatic nitrogens is 2. The lowest BCUT2D eigenvalue weighted by molar-refractivity contribution is -0.385. The van der Waals surface area contributed by atoms with Crippen molar-refractivity contribution in [3.05, 3.63) is 16.3 Å². The van der Waals surface area contributed by atoms with Crippen molar-refractivity contribution >= 4 is 11.6 Å². The SMILES string of the molecule is CCCCCCCCCCCCCCCCCCNC(=O)CCn1cc([N+](=O)[O-])c(OC)n1. The van der Waals surface area contributed by atoms with E-state index in [4.69, 9.17) is 4.74 Å². The lowest BCUT2D eigenvalue weighted by atomic mass is 10.0. The number of nitrogens with one attached hydrogen (secondary N) is 1. The van der Waals surface area contributed by atoms with Gasteiger partial charge in [0.2, 0.25) is 5.91 Å². The van der Waals surface area contributed by atoms with Crippen LogP contribution in [0.25, 0.3) is 0 Å². The Labute approximate surface area is 200 Å². The van der Waals surface area contributed by atoms with Crippen LogP contribution >= 0.6 is 0 Å². The van der Waals surface area contributed by atoms with Gasteiger partial charge >= 0.3 is 11.6 Å². The van der Waals surface area contributed by atoms with E-state index in [0.717, 1.165) is 12.8 Å². The zero-order chi connectivity index (χ0) is 24.2. The van der Waals surface area contributed by atoms with Crippen molar-refractivity contribution in [1.82, 2.24) is 15.1 Å². The van der Waals surface area contributed by atoms with E-state index in [0.29, 0.717) is 6.54 Å². The Morgan fingerprint density at radius 2 is 1.42 bits per heavy atom. The Morgan fingerprint density at radius 3 is 1.85 bits per heavy atom. The van der Waals surface area contributed by atoms with Gasteiger partial charge in [0.25, 0.3) is 0 Å². The Morgan fingerprint density at radius 1 is 0.939 bits per heavy atom. The van der Waals surface area contributed by atoms with Gasteiger partial charge in [0.1, 0.15) is 6.20 Å². The van der Waals surface area contributed by atoms with E-state index >= 15 is 0 Å². The Bertz CT molecular complexity index is 648. The molecule has 0 radical (unpaired) electrons. The standard InChI is InChI=1S/C25H46N4O4/c1-3-4-5-6-7-8-9-10-11-12-13-14-15-16-17-18-20-26-24(30)19-21-28-22-23(29(31)32)25(27-28)33-2/h22H,3-21H2,1-2H3,(H,26,30). The molecule has 1 rings (SSSR count). The van der Waals surface area contributed by atoms with E-state index in [2.05, 4.69) is 17.3 Å². The lowest BCUT2D eigenvalue weighted by Gasteiger charge is -2.06. The summed E-state index contributed by atoms with van der Waals surface area (Å²) in [5.41, 5.74) is -0.189. The molecule has 0 aromatic carbocycles. The largest absolute Gasteiger partial charge is 0.475 e. The topological polar surface area (TPSA) is 99.3 Å². The van der Waals surface area contributed by atoms with Gasteiger partial charge < -0.3 is 10.1 Å². The number of rotatable bonds is 22. The fourth-order valence-corrected chi connectivity index (χ4v) is 3.98. The Balaban J connectivity index is 1.88. The van der Waals surface area contributed by atoms with E-state index in [-0.39, 0.29) is 30.4 Å². The van der Waals surface area contributed by atoms with Gasteiger partial charge in [-0.2, -0.15) is 0 Å². The molecule has 0 unspecified atom stereocenters. The van der Waals surface area contributed by atoms with Crippen LogP contribution in [0.4, 0.5) is 5.69 Å². The first kappa shape index (κ1) is 28.9. The van der Waals surface area contributed by atoms with Crippen LogP contribution < -0.4 is 10.1 Å². The number of hydrogen-bond donors (Lipinski definition) is 1. The lowest BCUT2D eigenvalue weighted by Crippen LogP contribution is -2.25. The maximum absolute atomic E-state index is 12.0. The van der Waals surface area contributed by atoms with E-state index in [1.165, 1.54) is 108 Å². The van der Waals surface area contributed by atoms with Crippen LogP contribution in [0.5, 0.6) is 5.88 Å². The number of nitro groups is 1. The fraction of sp³-hybridized carbons (Fsp3) is 0.840. The first-order chi connectivity index (χ1) is 16.1. The molecule has 190 valence electrons. The third-order valence-electron chi connectivity index (χ3n) is 6.02. The molecule has 0 aliphatic rings. The van der Waals surface area contributed by atoms with Gasteiger partial charge in [-0.15, -0.1) is 5.10 Å². The zero-order valence-corrected chi connectivity index (χ0v) is 21.0. The van der Waals surface area contributed by atoms with Crippen molar-refractivity contribution in [1.29, 1.82) is 0 Å². The molecule has 0 spiro atoms. The summed E-state index contributed by atoms with van der Waals surface area (Å²) in [6, 6.07) is 0. The van der Waals surface area contributed by atoms with E-state index in [9.17, 15) is 14.9 Å². The molecular weight excluding hydrogens is 420 g/mol. The summed E-state index contributed by atoms with van der Waals surface area (Å²) in [4.78, 5) is 22.3. The van der Waals surface area contributed by atoms with Crippen molar-refractivity contribution in [3.8, 4) is 5.88 Å². The zero-order valence-electron chi connectivity index (χ0n) is 21.0. The van der Waals surface area contributed by atoms with E-state index < -0.39 is 4.92 Å². The van der Waals surface area contributed by atoms with Crippen molar-refractivity contribution in [2.24, 2.45) is 0 Å². The molecule has 0 bridgehead atoms. The van der Waals surface area contributed by atoms with Gasteiger partial charge in [-0.25, -0.2) is 0 Å². The van der Waals surface area contributed by atoms with E-state index in [1.54, 1.807) is 0 Å². The monoisotopic (exact) mass is 466 g/mol. The molecule has 0 fully saturated rings. The maximum Gasteiger partial charge on any atom is 0.350 e. The van der Waals surface area contributed by atoms with Crippen molar-refractivity contribution in [3.63, 3.8) is 0 Å². The van der Waals surface area contributed by atoms with Gasteiger partial charge in [-0.3, -0.25) is 19.6 Å². The summed E-state index contributed by atoms with van der Waals surface area (Å²) in [5.74, 6) is -0.0957. The molecule has 0 aliphatic carbocycles. The Hall–Kier alpha value is -2.12. The number of methoxy groups -OCH3 is 1. The molecular formula is C25H46N4O4. The average Bonchev–Trinajstić information content (AvgIpc) is 3.23. The molecule has 8 nitrogen and oxygen atoms in total. The smallest absolute Gasteiger partial charge is 0.350 e. The first-order valence-electron chi connectivity index (χ1n) is 13.1. The molecule has 1 aromatic heterocycles. The number of amides is 1. The van der Waals surface area contributed by atoms with Crippen molar-refractivity contribution < 1.29 is 14.5 Å². The second kappa shape index (κ2) is 19.4. The summed E-state index contributed by atoms with van der Waals surface area (Å²) >= 11 is 0. The number of carbonyl (C=O) groups excluding carboxylic acids is 1. The second-order valence-corrected chi connectivity index (χ2v) is 8.95. The van der Waals surface area contributed by atoms with Crippen LogP contribution in [-0.4, -0.2) is 34.3 Å². The van der Waals surface area contributed by atoms with Crippen LogP contribution in [0, 0.1) is 10.1 Å². The molecule has 0 saturated carbocycles. The van der Waals surface area contributed by atoms with Crippen LogP contribution in [0.3, 0.4) is 0 Å². The average molecular weight is 467 g/mol. The van der Waals surface area contributed by atoms with Crippen LogP contribution in [0.2, 0.25) is 0 Å².